The highest BCUT2D eigenvalue weighted by Crippen LogP contribution is 2.17. The van der Waals surface area contributed by atoms with Crippen LogP contribution in [-0.4, -0.2) is 37.2 Å². The van der Waals surface area contributed by atoms with Gasteiger partial charge in [-0.1, -0.05) is 202 Å². The monoisotopic (exact) mass is 723 g/mol. The van der Waals surface area contributed by atoms with Gasteiger partial charge in [0.05, 0.1) is 0 Å². The first-order valence-electron chi connectivity index (χ1n) is 22.3. The highest BCUT2D eigenvalue weighted by Gasteiger charge is 2.19. The van der Waals surface area contributed by atoms with E-state index < -0.39 is 6.10 Å². The van der Waals surface area contributed by atoms with Crippen molar-refractivity contribution in [2.75, 3.05) is 13.2 Å². The fourth-order valence-corrected chi connectivity index (χ4v) is 6.51. The maximum atomic E-state index is 12.7. The average molecular weight is 723 g/mol. The highest BCUT2D eigenvalue weighted by atomic mass is 16.6. The van der Waals surface area contributed by atoms with E-state index in [1.54, 1.807) is 0 Å². The Morgan fingerprint density at radius 2 is 0.686 bits per heavy atom. The van der Waals surface area contributed by atoms with Crippen molar-refractivity contribution in [3.8, 4) is 0 Å². The summed E-state index contributed by atoms with van der Waals surface area (Å²) >= 11 is 0. The molecule has 0 fully saturated rings. The van der Waals surface area contributed by atoms with Crippen molar-refractivity contribution < 1.29 is 28.6 Å². The van der Waals surface area contributed by atoms with E-state index in [4.69, 9.17) is 14.2 Å². The Hall–Kier alpha value is -1.59. The molecule has 0 N–H and O–H groups in total. The number of esters is 3. The summed E-state index contributed by atoms with van der Waals surface area (Å²) in [4.78, 5) is 37.6. The molecule has 302 valence electrons. The molecule has 3 atom stereocenters. The summed E-state index contributed by atoms with van der Waals surface area (Å²) in [5, 5.41) is 0. The SMILES string of the molecule is CCCCCCCCCCCCCC(=O)OC[C@@H](COC(=O)CCCCCCCCC(C)CC)OC(=O)CCCCCCCCCCC(C)CC. The van der Waals surface area contributed by atoms with Gasteiger partial charge in [-0.3, -0.25) is 14.4 Å². The Balaban J connectivity index is 4.37. The Bertz CT molecular complexity index is 783. The second-order valence-electron chi connectivity index (χ2n) is 15.8. The minimum absolute atomic E-state index is 0.0659. The van der Waals surface area contributed by atoms with Crippen LogP contribution in [0.5, 0.6) is 0 Å². The van der Waals surface area contributed by atoms with Gasteiger partial charge < -0.3 is 14.2 Å². The zero-order valence-corrected chi connectivity index (χ0v) is 34.7. The molecule has 0 saturated heterocycles. The largest absolute Gasteiger partial charge is 0.462 e. The average Bonchev–Trinajstić information content (AvgIpc) is 3.13. The van der Waals surface area contributed by atoms with E-state index >= 15 is 0 Å². The van der Waals surface area contributed by atoms with Gasteiger partial charge in [0.15, 0.2) is 6.10 Å². The van der Waals surface area contributed by atoms with Gasteiger partial charge in [0.25, 0.3) is 0 Å². The lowest BCUT2D eigenvalue weighted by atomic mass is 9.99. The number of unbranched alkanes of at least 4 members (excludes halogenated alkanes) is 22. The molecule has 51 heavy (non-hydrogen) atoms. The van der Waals surface area contributed by atoms with Crippen LogP contribution in [0.4, 0.5) is 0 Å². The van der Waals surface area contributed by atoms with E-state index in [-0.39, 0.29) is 31.1 Å². The molecule has 0 aromatic carbocycles. The molecule has 0 amide bonds. The number of carbonyl (C=O) groups is 3. The van der Waals surface area contributed by atoms with Gasteiger partial charge in [-0.15, -0.1) is 0 Å². The van der Waals surface area contributed by atoms with E-state index in [0.29, 0.717) is 19.3 Å². The van der Waals surface area contributed by atoms with Gasteiger partial charge in [0.2, 0.25) is 0 Å². The molecule has 0 bridgehead atoms. The number of carbonyl (C=O) groups excluding carboxylic acids is 3. The highest BCUT2D eigenvalue weighted by molar-refractivity contribution is 5.71. The zero-order valence-electron chi connectivity index (χ0n) is 34.7. The van der Waals surface area contributed by atoms with Crippen molar-refractivity contribution in [3.05, 3.63) is 0 Å². The maximum Gasteiger partial charge on any atom is 0.306 e. The fourth-order valence-electron chi connectivity index (χ4n) is 6.51. The second kappa shape index (κ2) is 38.1. The van der Waals surface area contributed by atoms with Gasteiger partial charge in [-0.2, -0.15) is 0 Å². The predicted molar refractivity (Wildman–Crippen MR) is 215 cm³/mol. The molecule has 0 radical (unpaired) electrons. The van der Waals surface area contributed by atoms with Crippen molar-refractivity contribution in [1.29, 1.82) is 0 Å². The minimum Gasteiger partial charge on any atom is -0.462 e. The van der Waals surface area contributed by atoms with Crippen LogP contribution in [0.15, 0.2) is 0 Å². The van der Waals surface area contributed by atoms with Crippen LogP contribution in [0.1, 0.15) is 240 Å². The van der Waals surface area contributed by atoms with Gasteiger partial charge >= 0.3 is 17.9 Å². The molecule has 2 unspecified atom stereocenters. The zero-order chi connectivity index (χ0) is 37.6. The van der Waals surface area contributed by atoms with Crippen molar-refractivity contribution in [2.45, 2.75) is 246 Å². The first-order chi connectivity index (χ1) is 24.8. The van der Waals surface area contributed by atoms with Gasteiger partial charge in [0.1, 0.15) is 13.2 Å². The Labute approximate surface area is 317 Å². The molecule has 0 aliphatic heterocycles. The lowest BCUT2D eigenvalue weighted by Gasteiger charge is -2.18. The fraction of sp³-hybridized carbons (Fsp3) is 0.933. The first-order valence-corrected chi connectivity index (χ1v) is 22.3. The molecular weight excluding hydrogens is 636 g/mol. The first kappa shape index (κ1) is 49.4. The van der Waals surface area contributed by atoms with E-state index in [2.05, 4.69) is 34.6 Å². The molecule has 6 nitrogen and oxygen atoms in total. The van der Waals surface area contributed by atoms with E-state index in [1.807, 2.05) is 0 Å². The Morgan fingerprint density at radius 3 is 1.02 bits per heavy atom. The third kappa shape index (κ3) is 36.6. The van der Waals surface area contributed by atoms with Crippen LogP contribution in [-0.2, 0) is 28.6 Å². The quantitative estimate of drug-likeness (QED) is 0.0357. The molecule has 0 aliphatic rings. The lowest BCUT2D eigenvalue weighted by Crippen LogP contribution is -2.30. The van der Waals surface area contributed by atoms with Gasteiger partial charge in [0, 0.05) is 19.3 Å². The molecule has 6 heteroatoms. The van der Waals surface area contributed by atoms with E-state index in [9.17, 15) is 14.4 Å². The van der Waals surface area contributed by atoms with Crippen LogP contribution in [0.3, 0.4) is 0 Å². The third-order valence-corrected chi connectivity index (χ3v) is 10.7. The minimum atomic E-state index is -0.760. The number of hydrogen-bond acceptors (Lipinski definition) is 6. The predicted octanol–water partition coefficient (Wildman–Crippen LogP) is 13.8. The standard InChI is InChI=1S/C45H86O6/c1-6-9-10-11-12-13-14-15-19-25-30-35-43(46)49-38-42(39-50-44(47)36-31-26-22-21-24-29-34-41(5)8-3)51-45(48)37-32-27-20-17-16-18-23-28-33-40(4)7-2/h40-42H,6-39H2,1-5H3/t40?,41?,42-/m0/s1. The van der Waals surface area contributed by atoms with Crippen LogP contribution in [0.25, 0.3) is 0 Å². The normalized spacial score (nSPS) is 13.1. The van der Waals surface area contributed by atoms with Crippen molar-refractivity contribution in [2.24, 2.45) is 11.8 Å². The van der Waals surface area contributed by atoms with Crippen LogP contribution < -0.4 is 0 Å². The van der Waals surface area contributed by atoms with Gasteiger partial charge in [-0.05, 0) is 31.1 Å². The Morgan fingerprint density at radius 1 is 0.392 bits per heavy atom. The number of hydrogen-bond donors (Lipinski definition) is 0. The lowest BCUT2D eigenvalue weighted by molar-refractivity contribution is -0.167. The number of ether oxygens (including phenoxy) is 3. The Kier molecular flexibility index (Phi) is 37.0. The maximum absolute atomic E-state index is 12.7. The summed E-state index contributed by atoms with van der Waals surface area (Å²) in [7, 11) is 0. The molecule has 0 heterocycles. The van der Waals surface area contributed by atoms with E-state index in [1.165, 1.54) is 128 Å². The second-order valence-corrected chi connectivity index (χ2v) is 15.8. The molecule has 0 saturated carbocycles. The summed E-state index contributed by atoms with van der Waals surface area (Å²) in [5.74, 6) is 0.796. The molecule has 0 spiro atoms. The van der Waals surface area contributed by atoms with Crippen molar-refractivity contribution >= 4 is 17.9 Å². The molecular formula is C45H86O6. The summed E-state index contributed by atoms with van der Waals surface area (Å²) in [6.07, 6.45) is 35.1. The summed E-state index contributed by atoms with van der Waals surface area (Å²) in [5.41, 5.74) is 0. The van der Waals surface area contributed by atoms with Crippen molar-refractivity contribution in [3.63, 3.8) is 0 Å². The smallest absolute Gasteiger partial charge is 0.306 e. The van der Waals surface area contributed by atoms with Crippen molar-refractivity contribution in [1.82, 2.24) is 0 Å². The summed E-state index contributed by atoms with van der Waals surface area (Å²) in [6.45, 7) is 11.3. The van der Waals surface area contributed by atoms with E-state index in [0.717, 1.165) is 69.6 Å². The number of rotatable bonds is 39. The van der Waals surface area contributed by atoms with Crippen LogP contribution in [0.2, 0.25) is 0 Å². The molecule has 0 aliphatic carbocycles. The molecule has 0 aromatic rings. The summed E-state index contributed by atoms with van der Waals surface area (Å²) < 4.78 is 16.7. The van der Waals surface area contributed by atoms with Crippen LogP contribution >= 0.6 is 0 Å². The molecule has 0 rings (SSSR count). The van der Waals surface area contributed by atoms with Gasteiger partial charge in [-0.25, -0.2) is 0 Å². The third-order valence-electron chi connectivity index (χ3n) is 10.7. The topological polar surface area (TPSA) is 78.9 Å². The summed E-state index contributed by atoms with van der Waals surface area (Å²) in [6, 6.07) is 0. The van der Waals surface area contributed by atoms with Crippen LogP contribution in [0, 0.1) is 11.8 Å². The molecule has 0 aromatic heterocycles.